The molecule has 0 bridgehead atoms. The molecule has 5 heteroatoms. The number of ether oxygens (including phenoxy) is 1. The summed E-state index contributed by atoms with van der Waals surface area (Å²) in [7, 11) is 1.66. The summed E-state index contributed by atoms with van der Waals surface area (Å²) >= 11 is 0. The molecule has 0 aliphatic heterocycles. The van der Waals surface area contributed by atoms with Gasteiger partial charge in [0.15, 0.2) is 0 Å². The fraction of sp³-hybridized carbons (Fsp3) is 0.889. The normalized spacial score (nSPS) is 17.5. The number of nitriles is 1. The molecule has 0 aromatic heterocycles. The van der Waals surface area contributed by atoms with E-state index < -0.39 is 18.6 Å². The van der Waals surface area contributed by atoms with E-state index in [1.807, 2.05) is 0 Å². The van der Waals surface area contributed by atoms with Crippen LogP contribution in [0.25, 0.3) is 0 Å². The van der Waals surface area contributed by atoms with Gasteiger partial charge in [-0.2, -0.15) is 5.26 Å². The molecule has 0 saturated heterocycles. The van der Waals surface area contributed by atoms with Crippen LogP contribution in [0.2, 0.25) is 0 Å². The minimum atomic E-state index is -2.46. The molecule has 0 heterocycles. The zero-order valence-electron chi connectivity index (χ0n) is 8.68. The molecule has 1 N–H and O–H groups in total. The number of nitrogens with one attached hydrogen (secondary N) is 1. The van der Waals surface area contributed by atoms with Gasteiger partial charge >= 0.3 is 0 Å². The van der Waals surface area contributed by atoms with E-state index >= 15 is 0 Å². The number of rotatable bonds is 6. The summed E-state index contributed by atoms with van der Waals surface area (Å²) < 4.78 is 28.4. The summed E-state index contributed by atoms with van der Waals surface area (Å²) in [6, 6.07) is 2.07. The lowest BCUT2D eigenvalue weighted by atomic mass is 9.97. The Morgan fingerprint density at radius 1 is 1.57 bits per heavy atom. The smallest absolute Gasteiger partial charge is 0.261 e. The molecule has 0 aliphatic rings. The molecule has 2 unspecified atom stereocenters. The maximum Gasteiger partial charge on any atom is 0.261 e. The van der Waals surface area contributed by atoms with Crippen LogP contribution in [0.1, 0.15) is 20.3 Å². The number of nitrogens with zero attached hydrogens (tertiary/aromatic N) is 1. The summed E-state index contributed by atoms with van der Waals surface area (Å²) in [6.45, 7) is 2.80. The van der Waals surface area contributed by atoms with Crippen LogP contribution in [-0.4, -0.2) is 31.7 Å². The molecule has 0 radical (unpaired) electrons. The van der Waals surface area contributed by atoms with Gasteiger partial charge in [-0.15, -0.1) is 0 Å². The largest absolute Gasteiger partial charge is 0.372 e. The standard InChI is InChI=1S/C9H16F2N2O/c1-7(14-5-8(10)11)4-9(2,6-12)13-3/h7-8,13H,4-5H2,1-3H3. The van der Waals surface area contributed by atoms with Crippen molar-refractivity contribution in [3.05, 3.63) is 0 Å². The second kappa shape index (κ2) is 5.89. The molecular weight excluding hydrogens is 190 g/mol. The lowest BCUT2D eigenvalue weighted by Crippen LogP contribution is -2.41. The van der Waals surface area contributed by atoms with Gasteiger partial charge in [-0.25, -0.2) is 8.78 Å². The molecule has 0 aromatic carbocycles. The van der Waals surface area contributed by atoms with Crippen LogP contribution in [0.5, 0.6) is 0 Å². The lowest BCUT2D eigenvalue weighted by molar-refractivity contribution is -0.0250. The predicted octanol–water partition coefficient (Wildman–Crippen LogP) is 1.55. The van der Waals surface area contributed by atoms with E-state index in [1.54, 1.807) is 20.9 Å². The highest BCUT2D eigenvalue weighted by atomic mass is 19.3. The Morgan fingerprint density at radius 3 is 2.50 bits per heavy atom. The fourth-order valence-corrected chi connectivity index (χ4v) is 1.07. The van der Waals surface area contributed by atoms with Gasteiger partial charge in [0.2, 0.25) is 0 Å². The van der Waals surface area contributed by atoms with Crippen molar-refractivity contribution >= 4 is 0 Å². The molecule has 2 atom stereocenters. The quantitative estimate of drug-likeness (QED) is 0.717. The maximum absolute atomic E-state index is 11.8. The maximum atomic E-state index is 11.8. The van der Waals surface area contributed by atoms with E-state index in [2.05, 4.69) is 11.4 Å². The molecule has 82 valence electrons. The van der Waals surface area contributed by atoms with Crippen molar-refractivity contribution in [2.24, 2.45) is 0 Å². The van der Waals surface area contributed by atoms with E-state index in [4.69, 9.17) is 10.00 Å². The van der Waals surface area contributed by atoms with Crippen LogP contribution < -0.4 is 5.32 Å². The topological polar surface area (TPSA) is 45.0 Å². The van der Waals surface area contributed by atoms with E-state index in [0.717, 1.165) is 0 Å². The zero-order valence-corrected chi connectivity index (χ0v) is 8.68. The van der Waals surface area contributed by atoms with Crippen molar-refractivity contribution in [3.8, 4) is 6.07 Å². The Labute approximate surface area is 83.0 Å². The van der Waals surface area contributed by atoms with Crippen molar-refractivity contribution in [3.63, 3.8) is 0 Å². The average Bonchev–Trinajstić information content (AvgIpc) is 2.14. The van der Waals surface area contributed by atoms with Gasteiger partial charge < -0.3 is 10.1 Å². The molecule has 0 aromatic rings. The van der Waals surface area contributed by atoms with Crippen LogP contribution in [0.4, 0.5) is 8.78 Å². The number of hydrogen-bond donors (Lipinski definition) is 1. The zero-order chi connectivity index (χ0) is 11.2. The number of halogens is 2. The number of hydrogen-bond acceptors (Lipinski definition) is 3. The van der Waals surface area contributed by atoms with Gasteiger partial charge in [-0.05, 0) is 20.9 Å². The molecule has 0 amide bonds. The second-order valence-electron chi connectivity index (χ2n) is 3.43. The molecule has 0 rings (SSSR count). The SMILES string of the molecule is CNC(C)(C#N)CC(C)OCC(F)F. The lowest BCUT2D eigenvalue weighted by Gasteiger charge is -2.24. The average molecular weight is 206 g/mol. The van der Waals surface area contributed by atoms with Gasteiger partial charge in [0.25, 0.3) is 6.43 Å². The first-order valence-corrected chi connectivity index (χ1v) is 4.43. The molecule has 0 spiro atoms. The first-order chi connectivity index (χ1) is 6.43. The first-order valence-electron chi connectivity index (χ1n) is 4.43. The van der Waals surface area contributed by atoms with Crippen molar-refractivity contribution in [2.45, 2.75) is 38.3 Å². The molecule has 0 fully saturated rings. The monoisotopic (exact) mass is 206 g/mol. The van der Waals surface area contributed by atoms with Crippen molar-refractivity contribution in [1.29, 1.82) is 5.26 Å². The summed E-state index contributed by atoms with van der Waals surface area (Å²) in [5.41, 5.74) is -0.721. The van der Waals surface area contributed by atoms with Crippen LogP contribution >= 0.6 is 0 Å². The highest BCUT2D eigenvalue weighted by Crippen LogP contribution is 2.13. The second-order valence-corrected chi connectivity index (χ2v) is 3.43. The first kappa shape index (κ1) is 13.3. The highest BCUT2D eigenvalue weighted by molar-refractivity contribution is 5.03. The molecule has 0 aliphatic carbocycles. The Kier molecular flexibility index (Phi) is 5.58. The third-order valence-electron chi connectivity index (χ3n) is 2.00. The Morgan fingerprint density at radius 2 is 2.14 bits per heavy atom. The Bertz CT molecular complexity index is 205. The highest BCUT2D eigenvalue weighted by Gasteiger charge is 2.24. The van der Waals surface area contributed by atoms with E-state index in [0.29, 0.717) is 6.42 Å². The van der Waals surface area contributed by atoms with E-state index in [-0.39, 0.29) is 6.10 Å². The predicted molar refractivity (Wildman–Crippen MR) is 49.1 cm³/mol. The van der Waals surface area contributed by atoms with Crippen molar-refractivity contribution in [1.82, 2.24) is 5.32 Å². The third-order valence-corrected chi connectivity index (χ3v) is 2.00. The third kappa shape index (κ3) is 5.10. The Balaban J connectivity index is 3.93. The van der Waals surface area contributed by atoms with Crippen LogP contribution in [0, 0.1) is 11.3 Å². The van der Waals surface area contributed by atoms with Gasteiger partial charge in [0.05, 0.1) is 12.2 Å². The molecular formula is C9H16F2N2O. The Hall–Kier alpha value is -0.730. The van der Waals surface area contributed by atoms with E-state index in [9.17, 15) is 8.78 Å². The number of alkyl halides is 2. The molecule has 0 saturated carbocycles. The summed E-state index contributed by atoms with van der Waals surface area (Å²) in [4.78, 5) is 0. The summed E-state index contributed by atoms with van der Waals surface area (Å²) in [5, 5.41) is 11.6. The van der Waals surface area contributed by atoms with Gasteiger partial charge in [0, 0.05) is 6.42 Å². The summed E-state index contributed by atoms with van der Waals surface area (Å²) in [5.74, 6) is 0. The van der Waals surface area contributed by atoms with Crippen molar-refractivity contribution < 1.29 is 13.5 Å². The van der Waals surface area contributed by atoms with Gasteiger partial charge in [-0.3, -0.25) is 0 Å². The van der Waals surface area contributed by atoms with Crippen LogP contribution in [0.3, 0.4) is 0 Å². The van der Waals surface area contributed by atoms with Crippen LogP contribution in [0.15, 0.2) is 0 Å². The minimum absolute atomic E-state index is 0.360. The van der Waals surface area contributed by atoms with Gasteiger partial charge in [0.1, 0.15) is 12.1 Å². The molecule has 3 nitrogen and oxygen atoms in total. The van der Waals surface area contributed by atoms with Crippen molar-refractivity contribution in [2.75, 3.05) is 13.7 Å². The summed E-state index contributed by atoms with van der Waals surface area (Å²) in [6.07, 6.45) is -2.44. The fourth-order valence-electron chi connectivity index (χ4n) is 1.07. The minimum Gasteiger partial charge on any atom is -0.372 e. The van der Waals surface area contributed by atoms with E-state index in [1.165, 1.54) is 0 Å². The van der Waals surface area contributed by atoms with Crippen LogP contribution in [-0.2, 0) is 4.74 Å². The van der Waals surface area contributed by atoms with Gasteiger partial charge in [-0.1, -0.05) is 0 Å². The molecule has 14 heavy (non-hydrogen) atoms.